The zero-order valence-electron chi connectivity index (χ0n) is 9.93. The van der Waals surface area contributed by atoms with Crippen LogP contribution in [0.3, 0.4) is 0 Å². The Balaban J connectivity index is 2.52. The number of H-pyrrole nitrogens is 2. The van der Waals surface area contributed by atoms with Crippen molar-refractivity contribution < 1.29 is 0 Å². The second-order valence-corrected chi connectivity index (χ2v) is 4.98. The Labute approximate surface area is 108 Å². The Bertz CT molecular complexity index is 573. The zero-order chi connectivity index (χ0) is 12.4. The maximum absolute atomic E-state index is 11.2. The van der Waals surface area contributed by atoms with Gasteiger partial charge in [-0.1, -0.05) is 29.3 Å². The molecule has 0 fully saturated rings. The maximum Gasteiger partial charge on any atom is 0.323 e. The van der Waals surface area contributed by atoms with Gasteiger partial charge in [-0.25, -0.2) is 4.79 Å². The molecule has 0 amide bonds. The SMILES string of the molecule is CCCC(NC)c1cc2[nH]c(=O)[nH]c2cc1Br. The summed E-state index contributed by atoms with van der Waals surface area (Å²) in [7, 11) is 1.96. The highest BCUT2D eigenvalue weighted by Crippen LogP contribution is 2.29. The highest BCUT2D eigenvalue weighted by molar-refractivity contribution is 9.10. The van der Waals surface area contributed by atoms with Crippen molar-refractivity contribution in [1.82, 2.24) is 15.3 Å². The summed E-state index contributed by atoms with van der Waals surface area (Å²) in [6.45, 7) is 2.16. The lowest BCUT2D eigenvalue weighted by Crippen LogP contribution is -2.16. The van der Waals surface area contributed by atoms with Gasteiger partial charge in [0.15, 0.2) is 0 Å². The maximum atomic E-state index is 11.2. The number of aromatic nitrogens is 2. The van der Waals surface area contributed by atoms with E-state index in [-0.39, 0.29) is 5.69 Å². The van der Waals surface area contributed by atoms with Gasteiger partial charge in [0, 0.05) is 10.5 Å². The molecule has 1 unspecified atom stereocenters. The predicted octanol–water partition coefficient (Wildman–Crippen LogP) is 2.68. The Morgan fingerprint density at radius 2 is 2.00 bits per heavy atom. The van der Waals surface area contributed by atoms with Gasteiger partial charge in [-0.3, -0.25) is 0 Å². The molecule has 1 aromatic carbocycles. The molecule has 17 heavy (non-hydrogen) atoms. The fraction of sp³-hybridized carbons (Fsp3) is 0.417. The molecule has 92 valence electrons. The minimum atomic E-state index is -0.166. The van der Waals surface area contributed by atoms with Crippen molar-refractivity contribution in [3.8, 4) is 0 Å². The number of fused-ring (bicyclic) bond motifs is 1. The first kappa shape index (κ1) is 12.4. The average Bonchev–Trinajstić information content (AvgIpc) is 2.64. The Morgan fingerprint density at radius 3 is 2.59 bits per heavy atom. The average molecular weight is 298 g/mol. The van der Waals surface area contributed by atoms with E-state index in [2.05, 4.69) is 38.1 Å². The van der Waals surface area contributed by atoms with Crippen LogP contribution in [0.1, 0.15) is 31.4 Å². The summed E-state index contributed by atoms with van der Waals surface area (Å²) in [5.41, 5.74) is 2.69. The van der Waals surface area contributed by atoms with E-state index in [1.54, 1.807) is 0 Å². The summed E-state index contributed by atoms with van der Waals surface area (Å²) in [6.07, 6.45) is 2.18. The molecule has 0 spiro atoms. The zero-order valence-corrected chi connectivity index (χ0v) is 11.5. The van der Waals surface area contributed by atoms with Gasteiger partial charge in [0.05, 0.1) is 11.0 Å². The van der Waals surface area contributed by atoms with Gasteiger partial charge in [-0.15, -0.1) is 0 Å². The minimum Gasteiger partial charge on any atom is -0.313 e. The normalized spacial score (nSPS) is 13.1. The topological polar surface area (TPSA) is 60.7 Å². The lowest BCUT2D eigenvalue weighted by Gasteiger charge is -2.17. The van der Waals surface area contributed by atoms with Gasteiger partial charge in [-0.05, 0) is 31.2 Å². The fourth-order valence-corrected chi connectivity index (χ4v) is 2.70. The molecular weight excluding hydrogens is 282 g/mol. The van der Waals surface area contributed by atoms with E-state index >= 15 is 0 Å². The molecule has 0 aliphatic heterocycles. The van der Waals surface area contributed by atoms with E-state index in [1.807, 2.05) is 19.2 Å². The molecule has 1 heterocycles. The molecule has 0 aliphatic rings. The molecule has 3 N–H and O–H groups in total. The van der Waals surface area contributed by atoms with E-state index in [9.17, 15) is 4.79 Å². The first-order valence-corrected chi connectivity index (χ1v) is 6.53. The largest absolute Gasteiger partial charge is 0.323 e. The second-order valence-electron chi connectivity index (χ2n) is 4.13. The summed E-state index contributed by atoms with van der Waals surface area (Å²) in [5, 5.41) is 3.30. The third-order valence-electron chi connectivity index (χ3n) is 2.93. The van der Waals surface area contributed by atoms with Crippen molar-refractivity contribution in [2.75, 3.05) is 7.05 Å². The number of nitrogens with one attached hydrogen (secondary N) is 3. The van der Waals surface area contributed by atoms with Crippen LogP contribution in [0.5, 0.6) is 0 Å². The molecule has 0 aliphatic carbocycles. The molecule has 0 bridgehead atoms. The smallest absolute Gasteiger partial charge is 0.313 e. The van der Waals surface area contributed by atoms with E-state index < -0.39 is 0 Å². The Kier molecular flexibility index (Phi) is 3.69. The third kappa shape index (κ3) is 2.45. The standard InChI is InChI=1S/C12H16BrN3O/c1-3-4-9(14-2)7-5-10-11(6-8(7)13)16-12(17)15-10/h5-6,9,14H,3-4H2,1-2H3,(H2,15,16,17). The van der Waals surface area contributed by atoms with Crippen LogP contribution in [0.4, 0.5) is 0 Å². The Hall–Kier alpha value is -1.07. The van der Waals surface area contributed by atoms with Crippen molar-refractivity contribution in [2.24, 2.45) is 0 Å². The van der Waals surface area contributed by atoms with Crippen LogP contribution in [0.2, 0.25) is 0 Å². The first-order chi connectivity index (χ1) is 8.15. The van der Waals surface area contributed by atoms with Crippen molar-refractivity contribution in [3.63, 3.8) is 0 Å². The molecule has 0 radical (unpaired) electrons. The van der Waals surface area contributed by atoms with Crippen molar-refractivity contribution in [2.45, 2.75) is 25.8 Å². The molecule has 0 saturated carbocycles. The van der Waals surface area contributed by atoms with Crippen LogP contribution in [0.25, 0.3) is 11.0 Å². The number of imidazole rings is 1. The summed E-state index contributed by atoms with van der Waals surface area (Å²) < 4.78 is 1.02. The van der Waals surface area contributed by atoms with Gasteiger partial charge in [-0.2, -0.15) is 0 Å². The van der Waals surface area contributed by atoms with Crippen molar-refractivity contribution in [3.05, 3.63) is 32.7 Å². The van der Waals surface area contributed by atoms with Crippen LogP contribution >= 0.6 is 15.9 Å². The molecule has 1 atom stereocenters. The number of hydrogen-bond acceptors (Lipinski definition) is 2. The number of benzene rings is 1. The molecule has 4 nitrogen and oxygen atoms in total. The third-order valence-corrected chi connectivity index (χ3v) is 3.62. The van der Waals surface area contributed by atoms with Crippen LogP contribution in [-0.4, -0.2) is 17.0 Å². The summed E-state index contributed by atoms with van der Waals surface area (Å²) in [5.74, 6) is 0. The quantitative estimate of drug-likeness (QED) is 0.812. The van der Waals surface area contributed by atoms with Crippen LogP contribution < -0.4 is 11.0 Å². The molecular formula is C12H16BrN3O. The Morgan fingerprint density at radius 1 is 1.35 bits per heavy atom. The van der Waals surface area contributed by atoms with Crippen molar-refractivity contribution >= 4 is 27.0 Å². The lowest BCUT2D eigenvalue weighted by molar-refractivity contribution is 0.540. The van der Waals surface area contributed by atoms with Gasteiger partial charge < -0.3 is 15.3 Å². The highest BCUT2D eigenvalue weighted by atomic mass is 79.9. The number of rotatable bonds is 4. The minimum absolute atomic E-state index is 0.166. The van der Waals surface area contributed by atoms with Crippen molar-refractivity contribution in [1.29, 1.82) is 0 Å². The lowest BCUT2D eigenvalue weighted by atomic mass is 10.0. The first-order valence-electron chi connectivity index (χ1n) is 5.74. The van der Waals surface area contributed by atoms with Crippen LogP contribution in [0.15, 0.2) is 21.4 Å². The molecule has 2 rings (SSSR count). The molecule has 5 heteroatoms. The fourth-order valence-electron chi connectivity index (χ4n) is 2.08. The molecule has 1 aromatic heterocycles. The number of halogens is 1. The van der Waals surface area contributed by atoms with E-state index in [0.717, 1.165) is 28.3 Å². The monoisotopic (exact) mass is 297 g/mol. The second kappa shape index (κ2) is 5.06. The number of aromatic amines is 2. The highest BCUT2D eigenvalue weighted by Gasteiger charge is 2.13. The van der Waals surface area contributed by atoms with E-state index in [4.69, 9.17) is 0 Å². The predicted molar refractivity (Wildman–Crippen MR) is 73.3 cm³/mol. The van der Waals surface area contributed by atoms with Gasteiger partial charge in [0.1, 0.15) is 0 Å². The number of hydrogen-bond donors (Lipinski definition) is 3. The van der Waals surface area contributed by atoms with Gasteiger partial charge in [0.2, 0.25) is 0 Å². The molecule has 2 aromatic rings. The summed E-state index contributed by atoms with van der Waals surface area (Å²) in [6, 6.07) is 4.27. The van der Waals surface area contributed by atoms with E-state index in [0.29, 0.717) is 6.04 Å². The van der Waals surface area contributed by atoms with Gasteiger partial charge in [0.25, 0.3) is 0 Å². The summed E-state index contributed by atoms with van der Waals surface area (Å²) >= 11 is 3.56. The van der Waals surface area contributed by atoms with E-state index in [1.165, 1.54) is 5.56 Å². The summed E-state index contributed by atoms with van der Waals surface area (Å²) in [4.78, 5) is 16.8. The van der Waals surface area contributed by atoms with Crippen LogP contribution in [-0.2, 0) is 0 Å². The molecule has 0 saturated heterocycles. The van der Waals surface area contributed by atoms with Crippen LogP contribution in [0, 0.1) is 0 Å². The van der Waals surface area contributed by atoms with Gasteiger partial charge >= 0.3 is 5.69 Å².